The molecule has 0 atom stereocenters. The number of hydrogen-bond donors (Lipinski definition) is 1. The second-order valence-electron chi connectivity index (χ2n) is 6.03. The Bertz CT molecular complexity index is 588. The van der Waals surface area contributed by atoms with Crippen molar-refractivity contribution >= 4 is 0 Å². The zero-order chi connectivity index (χ0) is 12.9. The summed E-state index contributed by atoms with van der Waals surface area (Å²) in [6.45, 7) is 8.99. The van der Waals surface area contributed by atoms with Crippen molar-refractivity contribution in [2.24, 2.45) is 0 Å². The van der Waals surface area contributed by atoms with Gasteiger partial charge in [0.15, 0.2) is 0 Å². The number of aromatic amines is 1. The zero-order valence-corrected chi connectivity index (χ0v) is 11.7. The number of rotatable bonds is 2. The molecule has 0 fully saturated rings. The fourth-order valence-corrected chi connectivity index (χ4v) is 2.78. The minimum absolute atomic E-state index is 0.578. The molecule has 0 saturated heterocycles. The van der Waals surface area contributed by atoms with E-state index in [4.69, 9.17) is 0 Å². The van der Waals surface area contributed by atoms with Gasteiger partial charge in [0.2, 0.25) is 0 Å². The van der Waals surface area contributed by atoms with Crippen LogP contribution in [0.2, 0.25) is 0 Å². The highest BCUT2D eigenvalue weighted by molar-refractivity contribution is 5.75. The van der Waals surface area contributed by atoms with Gasteiger partial charge in [-0.15, -0.1) is 0 Å². The molecule has 2 aromatic rings. The van der Waals surface area contributed by atoms with Crippen molar-refractivity contribution in [1.82, 2.24) is 4.98 Å². The smallest absolute Gasteiger partial charge is 0.0495 e. The van der Waals surface area contributed by atoms with Gasteiger partial charge < -0.3 is 4.98 Å². The molecule has 1 nitrogen and oxygen atoms in total. The normalized spacial score (nSPS) is 13.2. The number of hydrogen-bond acceptors (Lipinski definition) is 0. The highest BCUT2D eigenvalue weighted by Crippen LogP contribution is 2.38. The van der Waals surface area contributed by atoms with Crippen LogP contribution in [0.15, 0.2) is 24.3 Å². The first-order chi connectivity index (χ1) is 8.56. The molecule has 18 heavy (non-hydrogen) atoms. The largest absolute Gasteiger partial charge is 0.358 e. The third-order valence-electron chi connectivity index (χ3n) is 3.99. The van der Waals surface area contributed by atoms with E-state index in [1.165, 1.54) is 33.6 Å². The van der Waals surface area contributed by atoms with E-state index in [0.29, 0.717) is 11.8 Å². The summed E-state index contributed by atoms with van der Waals surface area (Å²) in [5, 5.41) is 0. The summed E-state index contributed by atoms with van der Waals surface area (Å²) >= 11 is 0. The maximum Gasteiger partial charge on any atom is 0.0495 e. The quantitative estimate of drug-likeness (QED) is 0.659. The standard InChI is InChI=1S/C17H21N/c1-10(2)12-5-6-15-13(7-12)8-14-9-16(11(3)4)18-17(14)15/h5-7,9-11,18H,8H2,1-4H3. The zero-order valence-electron chi connectivity index (χ0n) is 11.7. The van der Waals surface area contributed by atoms with E-state index in [1.807, 2.05) is 0 Å². The van der Waals surface area contributed by atoms with Crippen molar-refractivity contribution in [2.45, 2.75) is 46.0 Å². The molecule has 0 aliphatic heterocycles. The lowest BCUT2D eigenvalue weighted by atomic mass is 9.98. The second kappa shape index (κ2) is 4.01. The molecule has 0 spiro atoms. The summed E-state index contributed by atoms with van der Waals surface area (Å²) in [4.78, 5) is 3.60. The SMILES string of the molecule is CC(C)c1ccc2c(c1)Cc1cc(C(C)C)[nH]c1-2. The van der Waals surface area contributed by atoms with Gasteiger partial charge in [-0.2, -0.15) is 0 Å². The third-order valence-corrected chi connectivity index (χ3v) is 3.99. The third kappa shape index (κ3) is 1.69. The van der Waals surface area contributed by atoms with Crippen LogP contribution in [0.5, 0.6) is 0 Å². The Balaban J connectivity index is 2.05. The lowest BCUT2D eigenvalue weighted by Gasteiger charge is -2.08. The minimum atomic E-state index is 0.578. The Morgan fingerprint density at radius 2 is 1.72 bits per heavy atom. The van der Waals surface area contributed by atoms with Crippen molar-refractivity contribution in [3.63, 3.8) is 0 Å². The number of aromatic nitrogens is 1. The van der Waals surface area contributed by atoms with Gasteiger partial charge in [0.1, 0.15) is 0 Å². The van der Waals surface area contributed by atoms with Crippen LogP contribution < -0.4 is 0 Å². The molecule has 1 heterocycles. The predicted octanol–water partition coefficient (Wildman–Crippen LogP) is 4.83. The van der Waals surface area contributed by atoms with Crippen LogP contribution in [-0.4, -0.2) is 4.98 Å². The Labute approximate surface area is 109 Å². The van der Waals surface area contributed by atoms with Crippen LogP contribution in [0.25, 0.3) is 11.3 Å². The van der Waals surface area contributed by atoms with Gasteiger partial charge in [-0.3, -0.25) is 0 Å². The summed E-state index contributed by atoms with van der Waals surface area (Å²) in [5.74, 6) is 1.19. The molecule has 1 aliphatic carbocycles. The number of benzene rings is 1. The topological polar surface area (TPSA) is 15.8 Å². The summed E-state index contributed by atoms with van der Waals surface area (Å²) in [6.07, 6.45) is 1.09. The summed E-state index contributed by atoms with van der Waals surface area (Å²) in [5.41, 5.74) is 8.51. The molecule has 0 amide bonds. The van der Waals surface area contributed by atoms with E-state index >= 15 is 0 Å². The minimum Gasteiger partial charge on any atom is -0.358 e. The number of H-pyrrole nitrogens is 1. The van der Waals surface area contributed by atoms with Gasteiger partial charge in [0.05, 0.1) is 0 Å². The first-order valence-electron chi connectivity index (χ1n) is 6.91. The van der Waals surface area contributed by atoms with Crippen LogP contribution in [0, 0.1) is 0 Å². The van der Waals surface area contributed by atoms with Crippen molar-refractivity contribution in [3.05, 3.63) is 46.6 Å². The lowest BCUT2D eigenvalue weighted by Crippen LogP contribution is -1.92. The summed E-state index contributed by atoms with van der Waals surface area (Å²) in [7, 11) is 0. The fraction of sp³-hybridized carbons (Fsp3) is 0.412. The molecule has 0 saturated carbocycles. The molecule has 0 bridgehead atoms. The molecule has 1 heteroatoms. The van der Waals surface area contributed by atoms with Gasteiger partial charge in [0.25, 0.3) is 0 Å². The second-order valence-corrected chi connectivity index (χ2v) is 6.03. The molecule has 1 N–H and O–H groups in total. The van der Waals surface area contributed by atoms with Gasteiger partial charge >= 0.3 is 0 Å². The maximum absolute atomic E-state index is 3.60. The number of fused-ring (bicyclic) bond motifs is 3. The van der Waals surface area contributed by atoms with E-state index < -0.39 is 0 Å². The fourth-order valence-electron chi connectivity index (χ4n) is 2.78. The monoisotopic (exact) mass is 239 g/mol. The Kier molecular flexibility index (Phi) is 2.58. The van der Waals surface area contributed by atoms with Crippen molar-refractivity contribution in [3.8, 4) is 11.3 Å². The van der Waals surface area contributed by atoms with Crippen LogP contribution in [-0.2, 0) is 6.42 Å². The van der Waals surface area contributed by atoms with Gasteiger partial charge in [-0.05, 0) is 34.6 Å². The average Bonchev–Trinajstić information content (AvgIpc) is 2.84. The molecule has 0 radical (unpaired) electrons. The van der Waals surface area contributed by atoms with Crippen LogP contribution >= 0.6 is 0 Å². The Hall–Kier alpha value is -1.50. The average molecular weight is 239 g/mol. The van der Waals surface area contributed by atoms with E-state index in [0.717, 1.165) is 6.42 Å². The predicted molar refractivity (Wildman–Crippen MR) is 77.2 cm³/mol. The molecule has 1 aliphatic rings. The van der Waals surface area contributed by atoms with Crippen LogP contribution in [0.3, 0.4) is 0 Å². The van der Waals surface area contributed by atoms with Gasteiger partial charge in [-0.25, -0.2) is 0 Å². The van der Waals surface area contributed by atoms with Gasteiger partial charge in [0, 0.05) is 23.4 Å². The van der Waals surface area contributed by atoms with Crippen molar-refractivity contribution in [2.75, 3.05) is 0 Å². The van der Waals surface area contributed by atoms with E-state index in [9.17, 15) is 0 Å². The van der Waals surface area contributed by atoms with Crippen LogP contribution in [0.4, 0.5) is 0 Å². The maximum atomic E-state index is 3.60. The molecule has 94 valence electrons. The van der Waals surface area contributed by atoms with E-state index in [2.05, 4.69) is 56.9 Å². The molecule has 0 unspecified atom stereocenters. The van der Waals surface area contributed by atoms with Crippen LogP contribution in [0.1, 0.15) is 61.9 Å². The van der Waals surface area contributed by atoms with Gasteiger partial charge in [-0.1, -0.05) is 45.9 Å². The molecule has 1 aromatic carbocycles. The van der Waals surface area contributed by atoms with Crippen molar-refractivity contribution < 1.29 is 0 Å². The van der Waals surface area contributed by atoms with E-state index in [1.54, 1.807) is 0 Å². The Morgan fingerprint density at radius 3 is 2.39 bits per heavy atom. The highest BCUT2D eigenvalue weighted by Gasteiger charge is 2.22. The summed E-state index contributed by atoms with van der Waals surface area (Å²) < 4.78 is 0. The molecular formula is C17H21N. The Morgan fingerprint density at radius 1 is 0.944 bits per heavy atom. The first-order valence-corrected chi connectivity index (χ1v) is 6.91. The molecule has 3 rings (SSSR count). The summed E-state index contributed by atoms with van der Waals surface area (Å²) in [6, 6.07) is 9.28. The molecule has 1 aromatic heterocycles. The molecular weight excluding hydrogens is 218 g/mol. The van der Waals surface area contributed by atoms with E-state index in [-0.39, 0.29) is 0 Å². The first kappa shape index (κ1) is 11.6. The lowest BCUT2D eigenvalue weighted by molar-refractivity contribution is 0.833. The number of nitrogens with one attached hydrogen (secondary N) is 1. The highest BCUT2D eigenvalue weighted by atomic mass is 14.7. The van der Waals surface area contributed by atoms with Crippen molar-refractivity contribution in [1.29, 1.82) is 0 Å².